The summed E-state index contributed by atoms with van der Waals surface area (Å²) in [6, 6.07) is 27.1. The van der Waals surface area contributed by atoms with E-state index in [0.717, 1.165) is 86.0 Å². The maximum absolute atomic E-state index is 16.6. The lowest BCUT2D eigenvalue weighted by molar-refractivity contribution is -0.217. The summed E-state index contributed by atoms with van der Waals surface area (Å²) < 4.78 is 47.8. The van der Waals surface area contributed by atoms with E-state index in [9.17, 15) is 4.89 Å². The molecule has 1 N–H and O–H groups in total. The molecule has 4 aromatic carbocycles. The molecular weight excluding hydrogens is 920 g/mol. The van der Waals surface area contributed by atoms with Crippen LogP contribution in [0.15, 0.2) is 72.8 Å². The first kappa shape index (κ1) is 57.6. The van der Waals surface area contributed by atoms with E-state index in [2.05, 4.69) is 239 Å². The molecule has 2 atom stereocenters. The summed E-state index contributed by atoms with van der Waals surface area (Å²) in [7, 11) is -5.25. The summed E-state index contributed by atoms with van der Waals surface area (Å²) in [6.07, 6.45) is 2.19. The second-order valence-electron chi connectivity index (χ2n) is 30.9. The van der Waals surface area contributed by atoms with Crippen LogP contribution >= 0.6 is 7.82 Å². The number of ether oxygens (including phenoxy) is 2. The predicted octanol–water partition coefficient (Wildman–Crippen LogP) is 17.8. The second-order valence-corrected chi connectivity index (χ2v) is 32.2. The molecule has 0 bridgehead atoms. The molecule has 3 fully saturated rings. The van der Waals surface area contributed by atoms with Gasteiger partial charge in [-0.05, 0) is 123 Å². The number of phosphoric ester groups is 1. The van der Waals surface area contributed by atoms with Crippen molar-refractivity contribution in [3.8, 4) is 0 Å². The second kappa shape index (κ2) is 18.3. The Kier molecular flexibility index (Phi) is 14.4. The van der Waals surface area contributed by atoms with Gasteiger partial charge in [0.1, 0.15) is 12.2 Å². The highest BCUT2D eigenvalue weighted by Gasteiger charge is 2.71. The quantitative estimate of drug-likeness (QED) is 0.205. The monoisotopic (exact) mass is 1020 g/mol. The Bertz CT molecular complexity index is 2290. The maximum atomic E-state index is 16.6. The summed E-state index contributed by atoms with van der Waals surface area (Å²) in [5.41, 5.74) is 5.73. The Hall–Kier alpha value is -3.09. The van der Waals surface area contributed by atoms with Crippen LogP contribution in [0.4, 0.5) is 0 Å². The van der Waals surface area contributed by atoms with Crippen LogP contribution in [0.2, 0.25) is 0 Å². The normalized spacial score (nSPS) is 21.8. The molecule has 0 amide bonds. The standard InChI is InChI=1S/C66H97O6P/c1-56(2,3)42-30-43(57(4,5)6)35-50(34-42)65(51-36-44(58(7,8)9)31-45(37-51)59(10,11)12)54-55(70-64(69-54)28-26-25-27-29-64)66(72-73(67,68)71-65,52-38-46(60(13,14)15)32-47(39-52)61(16,17)18)53-40-48(62(19,20)21)33-49(41-53)63(22,23)24/h30-41,54-55H,25-29H2,1-24H3,(H,67,68)/t54-,55-/m1/s1. The molecule has 0 radical (unpaired) electrons. The number of rotatable bonds is 4. The first-order valence-corrected chi connectivity index (χ1v) is 29.1. The molecule has 7 rings (SSSR count). The van der Waals surface area contributed by atoms with Gasteiger partial charge in [0.2, 0.25) is 0 Å². The third kappa shape index (κ3) is 11.3. The molecule has 6 nitrogen and oxygen atoms in total. The van der Waals surface area contributed by atoms with E-state index in [1.165, 1.54) is 0 Å². The fraction of sp³-hybridized carbons (Fsp3) is 0.636. The Morgan fingerprint density at radius 1 is 0.356 bits per heavy atom. The Morgan fingerprint density at radius 3 is 0.726 bits per heavy atom. The van der Waals surface area contributed by atoms with Crippen molar-refractivity contribution >= 4 is 7.82 Å². The van der Waals surface area contributed by atoms with Gasteiger partial charge in [0.05, 0.1) is 0 Å². The minimum absolute atomic E-state index is 0.306. The van der Waals surface area contributed by atoms with E-state index in [1.807, 2.05) is 0 Å². The third-order valence-electron chi connectivity index (χ3n) is 16.3. The Morgan fingerprint density at radius 2 is 0.548 bits per heavy atom. The molecule has 0 aromatic heterocycles. The lowest BCUT2D eigenvalue weighted by Gasteiger charge is -2.44. The van der Waals surface area contributed by atoms with Crippen LogP contribution in [0, 0.1) is 0 Å². The molecule has 73 heavy (non-hydrogen) atoms. The highest BCUT2D eigenvalue weighted by molar-refractivity contribution is 7.47. The highest BCUT2D eigenvalue weighted by atomic mass is 31.2. The summed E-state index contributed by atoms with van der Waals surface area (Å²) in [5, 5.41) is 0. The molecule has 1 spiro atoms. The van der Waals surface area contributed by atoms with Gasteiger partial charge < -0.3 is 14.4 Å². The minimum atomic E-state index is -5.25. The van der Waals surface area contributed by atoms with E-state index in [1.54, 1.807) is 0 Å². The van der Waals surface area contributed by atoms with Crippen molar-refractivity contribution in [3.05, 3.63) is 140 Å². The average molecular weight is 1020 g/mol. The fourth-order valence-corrected chi connectivity index (χ4v) is 12.4. The van der Waals surface area contributed by atoms with Crippen LogP contribution in [0.3, 0.4) is 0 Å². The largest absolute Gasteiger partial charge is 0.474 e. The van der Waals surface area contributed by atoms with Gasteiger partial charge in [-0.15, -0.1) is 0 Å². The lowest BCUT2D eigenvalue weighted by atomic mass is 9.67. The van der Waals surface area contributed by atoms with Gasteiger partial charge >= 0.3 is 7.82 Å². The number of hydrogen-bond acceptors (Lipinski definition) is 5. The van der Waals surface area contributed by atoms with E-state index in [0.29, 0.717) is 12.8 Å². The molecule has 2 heterocycles. The van der Waals surface area contributed by atoms with Gasteiger partial charge in [-0.3, -0.25) is 9.05 Å². The van der Waals surface area contributed by atoms with Crippen LogP contribution in [-0.2, 0) is 77.6 Å². The highest BCUT2D eigenvalue weighted by Crippen LogP contribution is 2.68. The summed E-state index contributed by atoms with van der Waals surface area (Å²) >= 11 is 0. The minimum Gasteiger partial charge on any atom is -0.340 e. The van der Waals surface area contributed by atoms with E-state index in [-0.39, 0.29) is 43.3 Å². The van der Waals surface area contributed by atoms with Gasteiger partial charge in [-0.1, -0.05) is 245 Å². The molecule has 1 aliphatic carbocycles. The number of fused-ring (bicyclic) bond motifs is 1. The van der Waals surface area contributed by atoms with Crippen molar-refractivity contribution in [1.29, 1.82) is 0 Å². The fourth-order valence-electron chi connectivity index (χ4n) is 11.1. The zero-order valence-electron chi connectivity index (χ0n) is 50.1. The molecule has 2 saturated heterocycles. The molecule has 4 aromatic rings. The van der Waals surface area contributed by atoms with Gasteiger partial charge in [0, 0.05) is 12.8 Å². The number of hydrogen-bond donors (Lipinski definition) is 1. The van der Waals surface area contributed by atoms with E-state index in [4.69, 9.17) is 18.5 Å². The summed E-state index contributed by atoms with van der Waals surface area (Å²) in [6.45, 7) is 53.7. The van der Waals surface area contributed by atoms with Crippen LogP contribution in [0.5, 0.6) is 0 Å². The van der Waals surface area contributed by atoms with Crippen LogP contribution in [0.1, 0.15) is 265 Å². The predicted molar refractivity (Wildman–Crippen MR) is 304 cm³/mol. The van der Waals surface area contributed by atoms with Crippen molar-refractivity contribution in [3.63, 3.8) is 0 Å². The molecular formula is C66H97O6P. The first-order chi connectivity index (χ1) is 32.8. The van der Waals surface area contributed by atoms with Gasteiger partial charge in [0.15, 0.2) is 17.0 Å². The van der Waals surface area contributed by atoms with Gasteiger partial charge in [-0.25, -0.2) is 4.57 Å². The van der Waals surface area contributed by atoms with Crippen molar-refractivity contribution in [2.24, 2.45) is 0 Å². The number of phosphoric acid groups is 1. The van der Waals surface area contributed by atoms with E-state index >= 15 is 4.57 Å². The topological polar surface area (TPSA) is 74.2 Å². The molecule has 7 heteroatoms. The van der Waals surface area contributed by atoms with Crippen LogP contribution in [-0.4, -0.2) is 22.9 Å². The lowest BCUT2D eigenvalue weighted by Crippen LogP contribution is -2.54. The zero-order chi connectivity index (χ0) is 54.9. The van der Waals surface area contributed by atoms with Crippen molar-refractivity contribution < 1.29 is 28.0 Å². The van der Waals surface area contributed by atoms with Crippen molar-refractivity contribution in [2.45, 2.75) is 271 Å². The van der Waals surface area contributed by atoms with Crippen LogP contribution in [0.25, 0.3) is 0 Å². The van der Waals surface area contributed by atoms with Crippen molar-refractivity contribution in [2.75, 3.05) is 0 Å². The zero-order valence-corrected chi connectivity index (χ0v) is 50.9. The van der Waals surface area contributed by atoms with Crippen molar-refractivity contribution in [1.82, 2.24) is 0 Å². The third-order valence-corrected chi connectivity index (χ3v) is 17.3. The van der Waals surface area contributed by atoms with Crippen LogP contribution < -0.4 is 0 Å². The van der Waals surface area contributed by atoms with Gasteiger partial charge in [0.25, 0.3) is 0 Å². The summed E-state index contributed by atoms with van der Waals surface area (Å²) in [4.78, 5) is 13.6. The number of benzene rings is 4. The molecule has 402 valence electrons. The SMILES string of the molecule is CC(C)(C)c1cc(C(C)(C)C)cc(C2(c3cc(C(C)(C)C)cc(C(C)(C)C)c3)OP(=O)(O)OC(c3cc(C(C)(C)C)cc(C(C)(C)C)c3)(c3cc(C(C)(C)C)cc(C(C)(C)C)c3)[C@@H]3OC4(CCCCC4)O[C@H]32)c1. The molecule has 1 saturated carbocycles. The smallest absolute Gasteiger partial charge is 0.340 e. The maximum Gasteiger partial charge on any atom is 0.474 e. The van der Waals surface area contributed by atoms with Gasteiger partial charge in [-0.2, -0.15) is 0 Å². The van der Waals surface area contributed by atoms with E-state index < -0.39 is 37.0 Å². The molecule has 0 unspecified atom stereocenters. The summed E-state index contributed by atoms with van der Waals surface area (Å²) in [5.74, 6) is -1.04. The Labute approximate surface area is 444 Å². The molecule has 3 aliphatic rings. The Balaban J connectivity index is 1.81. The average Bonchev–Trinajstić information content (AvgIpc) is 3.56. The molecule has 2 aliphatic heterocycles. The first-order valence-electron chi connectivity index (χ1n) is 27.6.